The molecular formula is C36H69N18O13P. The molecule has 0 fully saturated rings. The average Bonchev–Trinajstić information content (AvgIpc) is 3.89. The minimum absolute atomic E-state index is 0.0757. The summed E-state index contributed by atoms with van der Waals surface area (Å²) in [6, 6.07) is 0. The standard InChI is InChI=1S/3C12H22N6O3.H3O4P/c3*1-14-4-8(5-19)21-7-18-6-16(2)9-10(18)15-12(13)17(3)11(9)20;1-5(2,3)4/h3*8,14,19H,4-7H2,1-3H3,(H2,13,15);(H3,1,2,3,4). The molecule has 0 saturated heterocycles. The van der Waals surface area contributed by atoms with Gasteiger partial charge in [0.25, 0.3) is 0 Å². The van der Waals surface area contributed by atoms with Gasteiger partial charge in [-0.15, -0.1) is 0 Å². The van der Waals surface area contributed by atoms with E-state index in [1.807, 2.05) is 50.5 Å². The molecule has 32 heteroatoms. The van der Waals surface area contributed by atoms with Gasteiger partial charge in [-0.25, -0.2) is 29.1 Å². The monoisotopic (exact) mass is 993 g/mol. The van der Waals surface area contributed by atoms with Crippen molar-refractivity contribution in [3.8, 4) is 0 Å². The zero-order valence-electron chi connectivity index (χ0n) is 39.8. The van der Waals surface area contributed by atoms with Crippen LogP contribution in [0, 0.1) is 0 Å². The van der Waals surface area contributed by atoms with E-state index >= 15 is 0 Å². The molecule has 3 amide bonds. The zero-order valence-corrected chi connectivity index (χ0v) is 40.7. The van der Waals surface area contributed by atoms with Crippen LogP contribution in [-0.2, 0) is 33.2 Å². The normalized spacial score (nSPS) is 22.7. The summed E-state index contributed by atoms with van der Waals surface area (Å²) in [6.07, 6.45) is -0.920. The van der Waals surface area contributed by atoms with Crippen LogP contribution in [0.25, 0.3) is 0 Å². The molecule has 31 nitrogen and oxygen atoms in total. The molecule has 386 valence electrons. The Morgan fingerprint density at radius 2 is 0.794 bits per heavy atom. The summed E-state index contributed by atoms with van der Waals surface area (Å²) in [7, 11) is 10.5. The Balaban J connectivity index is 0.000000257. The molecule has 0 spiro atoms. The summed E-state index contributed by atoms with van der Waals surface area (Å²) in [6.45, 7) is 3.61. The first-order chi connectivity index (χ1) is 32.0. The Morgan fingerprint density at radius 1 is 0.574 bits per heavy atom. The van der Waals surface area contributed by atoms with Crippen molar-refractivity contribution in [2.45, 2.75) is 18.3 Å². The molecule has 15 N–H and O–H groups in total. The SMILES string of the molecule is CNCC(CO)OCN1CN(C)C2=C1N=C(N)[NH+](C)C2=O.CNCC(CO)OCN1CN(C)C2=C1N=C(N)[NH+](C)C2=O.CNCC(CO)OCN1CN(C)C2=C1N=C(N)[NH+](C)C2=O.O=P([O-])([O-])[O-]. The van der Waals surface area contributed by atoms with Gasteiger partial charge < -0.3 is 111 Å². The number of hydrogen-bond donors (Lipinski definition) is 12. The molecule has 0 radical (unpaired) electrons. The number of nitrogens with zero attached hydrogens (tertiary/aromatic N) is 9. The highest BCUT2D eigenvalue weighted by molar-refractivity contribution is 7.40. The van der Waals surface area contributed by atoms with Crippen LogP contribution < -0.4 is 62.5 Å². The van der Waals surface area contributed by atoms with Crippen molar-refractivity contribution in [3.05, 3.63) is 34.6 Å². The van der Waals surface area contributed by atoms with Crippen LogP contribution in [0.1, 0.15) is 0 Å². The van der Waals surface area contributed by atoms with Crippen LogP contribution in [0.3, 0.4) is 0 Å². The number of aliphatic imine (C=N–C) groups is 3. The molecule has 6 aliphatic heterocycles. The Labute approximate surface area is 394 Å². The zero-order chi connectivity index (χ0) is 51.2. The second kappa shape index (κ2) is 26.2. The molecule has 0 aromatic heterocycles. The molecule has 6 heterocycles. The number of likely N-dealkylation sites (N-methyl/N-ethyl adjacent to an activating group) is 9. The van der Waals surface area contributed by atoms with Gasteiger partial charge in [0.1, 0.15) is 20.2 Å². The number of carbonyl (C=O) groups is 3. The van der Waals surface area contributed by atoms with Gasteiger partial charge in [-0.2, -0.15) is 22.8 Å². The third-order valence-corrected chi connectivity index (χ3v) is 10.6. The lowest BCUT2D eigenvalue weighted by atomic mass is 10.3. The number of ether oxygens (including phenoxy) is 3. The highest BCUT2D eigenvalue weighted by Crippen LogP contribution is 2.26. The summed E-state index contributed by atoms with van der Waals surface area (Å²) >= 11 is 0. The van der Waals surface area contributed by atoms with E-state index in [9.17, 15) is 29.7 Å². The van der Waals surface area contributed by atoms with E-state index < -0.39 is 7.82 Å². The van der Waals surface area contributed by atoms with Gasteiger partial charge in [0.2, 0.25) is 0 Å². The quantitative estimate of drug-likeness (QED) is 0.0567. The number of hydrogen-bond acceptors (Lipinski definition) is 28. The third-order valence-electron chi connectivity index (χ3n) is 10.6. The Hall–Kier alpha value is -4.93. The second-order valence-electron chi connectivity index (χ2n) is 15.9. The predicted octanol–water partition coefficient (Wildman–Crippen LogP) is -14.0. The van der Waals surface area contributed by atoms with Crippen molar-refractivity contribution in [1.29, 1.82) is 0 Å². The average molecular weight is 993 g/mol. The van der Waals surface area contributed by atoms with Crippen molar-refractivity contribution in [3.63, 3.8) is 0 Å². The summed E-state index contributed by atoms with van der Waals surface area (Å²) in [5, 5.41) is 36.5. The number of amides is 3. The maximum Gasteiger partial charge on any atom is 0.371 e. The smallest absolute Gasteiger partial charge is 0.371 e. The number of quaternary nitrogens is 3. The minimum atomic E-state index is -5.39. The number of phosphoric acid groups is 1. The van der Waals surface area contributed by atoms with E-state index in [1.165, 1.54) is 0 Å². The molecule has 6 atom stereocenters. The fourth-order valence-electron chi connectivity index (χ4n) is 6.92. The third kappa shape index (κ3) is 15.0. The number of aliphatic hydroxyl groups is 3. The molecule has 0 bridgehead atoms. The predicted molar refractivity (Wildman–Crippen MR) is 235 cm³/mol. The fourth-order valence-corrected chi connectivity index (χ4v) is 6.92. The van der Waals surface area contributed by atoms with Gasteiger partial charge in [-0.1, -0.05) is 0 Å². The number of carbonyl (C=O) groups excluding carboxylic acids is 3. The highest BCUT2D eigenvalue weighted by Gasteiger charge is 2.44. The number of nitrogens with one attached hydrogen (secondary N) is 6. The number of aliphatic hydroxyl groups excluding tert-OH is 3. The van der Waals surface area contributed by atoms with Crippen LogP contribution in [-0.4, -0.2) is 242 Å². The topological polar surface area (TPSA) is 410 Å². The summed E-state index contributed by atoms with van der Waals surface area (Å²) in [5.41, 5.74) is 19.0. The van der Waals surface area contributed by atoms with E-state index in [0.29, 0.717) is 88.9 Å². The minimum Gasteiger partial charge on any atom is -0.822 e. The molecule has 6 rings (SSSR count). The largest absolute Gasteiger partial charge is 0.822 e. The van der Waals surface area contributed by atoms with Crippen LogP contribution in [0.4, 0.5) is 0 Å². The Bertz CT molecular complexity index is 1810. The van der Waals surface area contributed by atoms with E-state index in [-0.39, 0.29) is 93.9 Å². The first kappa shape index (κ1) is 57.4. The van der Waals surface area contributed by atoms with Crippen LogP contribution in [0.5, 0.6) is 0 Å². The molecule has 0 aromatic carbocycles. The first-order valence-corrected chi connectivity index (χ1v) is 22.6. The number of guanidine groups is 3. The lowest BCUT2D eigenvalue weighted by molar-refractivity contribution is -0.696. The summed E-state index contributed by atoms with van der Waals surface area (Å²) in [4.78, 5) is 87.7. The van der Waals surface area contributed by atoms with E-state index in [1.54, 1.807) is 42.3 Å². The fraction of sp³-hybridized carbons (Fsp3) is 0.667. The second-order valence-corrected chi connectivity index (χ2v) is 16.8. The molecule has 0 saturated carbocycles. The molecule has 0 aromatic rings. The molecule has 6 aliphatic rings. The molecule has 68 heavy (non-hydrogen) atoms. The van der Waals surface area contributed by atoms with Gasteiger partial charge in [-0.05, 0) is 21.1 Å². The van der Waals surface area contributed by atoms with Crippen molar-refractivity contribution < 1.29 is 77.9 Å². The first-order valence-electron chi connectivity index (χ1n) is 21.1. The van der Waals surface area contributed by atoms with E-state index in [0.717, 1.165) is 0 Å². The lowest BCUT2D eigenvalue weighted by Crippen LogP contribution is -3.16. The van der Waals surface area contributed by atoms with E-state index in [2.05, 4.69) is 30.9 Å². The van der Waals surface area contributed by atoms with Crippen LogP contribution in [0.15, 0.2) is 49.5 Å². The number of rotatable bonds is 18. The molecular weight excluding hydrogens is 923 g/mol. The summed E-state index contributed by atoms with van der Waals surface area (Å²) < 4.78 is 25.5. The Kier molecular flexibility index (Phi) is 22.1. The highest BCUT2D eigenvalue weighted by atomic mass is 31.2. The van der Waals surface area contributed by atoms with Crippen molar-refractivity contribution in [1.82, 2.24) is 45.3 Å². The van der Waals surface area contributed by atoms with Crippen molar-refractivity contribution in [2.75, 3.05) is 143 Å². The maximum absolute atomic E-state index is 12.3. The van der Waals surface area contributed by atoms with Gasteiger partial charge >= 0.3 is 35.6 Å². The summed E-state index contributed by atoms with van der Waals surface area (Å²) in [5.74, 6) is 2.03. The lowest BCUT2D eigenvalue weighted by Gasteiger charge is -2.36. The molecule has 6 unspecified atom stereocenters. The van der Waals surface area contributed by atoms with Crippen LogP contribution in [0.2, 0.25) is 0 Å². The maximum atomic E-state index is 12.3. The van der Waals surface area contributed by atoms with Crippen molar-refractivity contribution >= 4 is 43.4 Å². The Morgan fingerprint density at radius 3 is 0.985 bits per heavy atom. The van der Waals surface area contributed by atoms with Gasteiger partial charge in [0, 0.05) is 40.8 Å². The van der Waals surface area contributed by atoms with Gasteiger partial charge in [0.05, 0.1) is 79.3 Å². The van der Waals surface area contributed by atoms with Crippen molar-refractivity contribution in [2.24, 2.45) is 32.2 Å². The van der Waals surface area contributed by atoms with Gasteiger partial charge in [0.15, 0.2) is 34.6 Å². The molecule has 0 aliphatic carbocycles. The van der Waals surface area contributed by atoms with E-state index in [4.69, 9.17) is 50.7 Å². The number of nitrogens with two attached hydrogens (primary N) is 3. The van der Waals surface area contributed by atoms with Crippen LogP contribution >= 0.6 is 7.82 Å². The van der Waals surface area contributed by atoms with Gasteiger partial charge in [-0.3, -0.25) is 0 Å².